The second-order valence-corrected chi connectivity index (χ2v) is 5.01. The molecule has 0 saturated heterocycles. The number of rotatable bonds is 3. The first-order valence-electron chi connectivity index (χ1n) is 6.88. The summed E-state index contributed by atoms with van der Waals surface area (Å²) in [5.74, 6) is 0.842. The fraction of sp³-hybridized carbons (Fsp3) is 0.176. The van der Waals surface area contributed by atoms with E-state index in [4.69, 9.17) is 0 Å². The van der Waals surface area contributed by atoms with Crippen molar-refractivity contribution in [3.63, 3.8) is 0 Å². The van der Waals surface area contributed by atoms with E-state index in [0.717, 1.165) is 17.0 Å². The largest absolute Gasteiger partial charge is 0.290 e. The third kappa shape index (κ3) is 3.11. The summed E-state index contributed by atoms with van der Waals surface area (Å²) in [4.78, 5) is 15.7. The maximum Gasteiger partial charge on any atom is 0.178 e. The molecule has 2 aromatic rings. The first kappa shape index (κ1) is 13.4. The van der Waals surface area contributed by atoms with E-state index in [1.165, 1.54) is 0 Å². The zero-order chi connectivity index (χ0) is 14.7. The molecule has 0 aliphatic heterocycles. The Kier molecular flexibility index (Phi) is 3.69. The van der Waals surface area contributed by atoms with Crippen molar-refractivity contribution in [1.82, 2.24) is 15.2 Å². The summed E-state index contributed by atoms with van der Waals surface area (Å²) in [5.41, 5.74) is 2.74. The first-order valence-corrected chi connectivity index (χ1v) is 6.88. The average molecular weight is 277 g/mol. The van der Waals surface area contributed by atoms with Gasteiger partial charge in [0.25, 0.3) is 0 Å². The first-order chi connectivity index (χ1) is 10.2. The van der Waals surface area contributed by atoms with Crippen molar-refractivity contribution in [2.24, 2.45) is 5.92 Å². The van der Waals surface area contributed by atoms with Gasteiger partial charge in [0.05, 0.1) is 11.4 Å². The number of aryl methyl sites for hydroxylation is 1. The number of allylic oxidation sites excluding steroid dienone is 4. The monoisotopic (exact) mass is 277 g/mol. The summed E-state index contributed by atoms with van der Waals surface area (Å²) in [7, 11) is 0. The van der Waals surface area contributed by atoms with Crippen LogP contribution < -0.4 is 0 Å². The Morgan fingerprint density at radius 3 is 2.48 bits per heavy atom. The molecule has 21 heavy (non-hydrogen) atoms. The minimum atomic E-state index is 0.0302. The van der Waals surface area contributed by atoms with Crippen molar-refractivity contribution in [2.45, 2.75) is 13.3 Å². The lowest BCUT2D eigenvalue weighted by Gasteiger charge is -2.12. The number of ketones is 1. The number of hydrogen-bond acceptors (Lipinski definition) is 4. The van der Waals surface area contributed by atoms with Crippen LogP contribution in [0.15, 0.2) is 54.6 Å². The van der Waals surface area contributed by atoms with Crippen LogP contribution in [0.5, 0.6) is 0 Å². The predicted molar refractivity (Wildman–Crippen MR) is 80.5 cm³/mol. The van der Waals surface area contributed by atoms with Crippen molar-refractivity contribution >= 4 is 5.78 Å². The Balaban J connectivity index is 1.94. The van der Waals surface area contributed by atoms with Crippen molar-refractivity contribution in [2.75, 3.05) is 0 Å². The third-order valence-electron chi connectivity index (χ3n) is 3.35. The van der Waals surface area contributed by atoms with Crippen molar-refractivity contribution in [1.29, 1.82) is 0 Å². The minimum Gasteiger partial charge on any atom is -0.290 e. The molecule has 0 atom stereocenters. The third-order valence-corrected chi connectivity index (χ3v) is 3.35. The maximum absolute atomic E-state index is 11.2. The van der Waals surface area contributed by atoms with Gasteiger partial charge in [0.2, 0.25) is 0 Å². The highest BCUT2D eigenvalue weighted by molar-refractivity contribution is 6.00. The summed E-state index contributed by atoms with van der Waals surface area (Å²) in [5, 5.41) is 8.37. The number of carbonyl (C=O) groups is 1. The highest BCUT2D eigenvalue weighted by Crippen LogP contribution is 2.23. The van der Waals surface area contributed by atoms with Crippen LogP contribution in [0.25, 0.3) is 11.3 Å². The molecule has 0 N–H and O–H groups in total. The fourth-order valence-corrected chi connectivity index (χ4v) is 2.31. The number of aromatic nitrogens is 3. The lowest BCUT2D eigenvalue weighted by Crippen LogP contribution is -2.09. The molecular weight excluding hydrogens is 262 g/mol. The molecule has 1 aliphatic carbocycles. The van der Waals surface area contributed by atoms with Crippen LogP contribution in [-0.2, 0) is 11.2 Å². The molecule has 0 unspecified atom stereocenters. The summed E-state index contributed by atoms with van der Waals surface area (Å²) < 4.78 is 0. The van der Waals surface area contributed by atoms with Crippen molar-refractivity contribution < 1.29 is 4.79 Å². The number of hydrogen-bond donors (Lipinski definition) is 0. The van der Waals surface area contributed by atoms with E-state index in [0.29, 0.717) is 12.2 Å². The highest BCUT2D eigenvalue weighted by atomic mass is 16.1. The Bertz CT molecular complexity index is 704. The van der Waals surface area contributed by atoms with Crippen LogP contribution in [0.3, 0.4) is 0 Å². The number of nitrogens with zero attached hydrogens (tertiary/aromatic N) is 3. The lowest BCUT2D eigenvalue weighted by molar-refractivity contribution is -0.110. The normalized spacial score (nSPS) is 14.6. The van der Waals surface area contributed by atoms with Gasteiger partial charge in [0.1, 0.15) is 5.82 Å². The molecule has 4 heteroatoms. The van der Waals surface area contributed by atoms with Crippen LogP contribution in [0, 0.1) is 12.8 Å². The molecule has 4 nitrogen and oxygen atoms in total. The molecule has 104 valence electrons. The molecule has 1 heterocycles. The van der Waals surface area contributed by atoms with Crippen LogP contribution in [0.2, 0.25) is 0 Å². The molecule has 3 rings (SSSR count). The van der Waals surface area contributed by atoms with Gasteiger partial charge in [0.15, 0.2) is 5.78 Å². The molecule has 1 aliphatic rings. The molecular formula is C17H15N3O. The molecule has 0 bridgehead atoms. The number of benzene rings is 1. The Morgan fingerprint density at radius 2 is 1.76 bits per heavy atom. The second-order valence-electron chi connectivity index (χ2n) is 5.01. The summed E-state index contributed by atoms with van der Waals surface area (Å²) in [6.07, 6.45) is 7.69. The standard InChI is InChI=1S/C17H15N3O/c1-12-18-17(14-5-3-2-4-6-14)16(20-19-12)11-13-7-9-15(21)10-8-13/h2-10,13H,11H2,1H3. The number of carbonyl (C=O) groups excluding carboxylic acids is 1. The summed E-state index contributed by atoms with van der Waals surface area (Å²) in [6.45, 7) is 1.84. The second kappa shape index (κ2) is 5.79. The van der Waals surface area contributed by atoms with E-state index in [-0.39, 0.29) is 11.7 Å². The van der Waals surface area contributed by atoms with Gasteiger partial charge < -0.3 is 0 Å². The quantitative estimate of drug-likeness (QED) is 0.865. The van der Waals surface area contributed by atoms with Gasteiger partial charge in [-0.3, -0.25) is 4.79 Å². The Morgan fingerprint density at radius 1 is 1.05 bits per heavy atom. The molecule has 0 fully saturated rings. The predicted octanol–water partition coefficient (Wildman–Crippen LogP) is 2.70. The molecule has 0 amide bonds. The van der Waals surface area contributed by atoms with Gasteiger partial charge in [-0.05, 0) is 19.1 Å². The van der Waals surface area contributed by atoms with Gasteiger partial charge in [-0.15, -0.1) is 5.10 Å². The summed E-state index contributed by atoms with van der Waals surface area (Å²) >= 11 is 0. The van der Waals surface area contributed by atoms with Gasteiger partial charge in [-0.2, -0.15) is 5.10 Å². The van der Waals surface area contributed by atoms with Crippen molar-refractivity contribution in [3.05, 3.63) is 66.2 Å². The molecule has 0 saturated carbocycles. The molecule has 0 spiro atoms. The van der Waals surface area contributed by atoms with E-state index in [2.05, 4.69) is 15.2 Å². The van der Waals surface area contributed by atoms with E-state index in [1.54, 1.807) is 12.2 Å². The minimum absolute atomic E-state index is 0.0302. The molecule has 0 radical (unpaired) electrons. The topological polar surface area (TPSA) is 55.7 Å². The Labute approximate surface area is 123 Å². The van der Waals surface area contributed by atoms with Gasteiger partial charge in [-0.1, -0.05) is 42.5 Å². The Hall–Kier alpha value is -2.62. The van der Waals surface area contributed by atoms with Gasteiger partial charge in [0, 0.05) is 17.9 Å². The molecule has 1 aromatic heterocycles. The SMILES string of the molecule is Cc1nnc(CC2C=CC(=O)C=C2)c(-c2ccccc2)n1. The van der Waals surface area contributed by atoms with E-state index < -0.39 is 0 Å². The molecule has 1 aromatic carbocycles. The van der Waals surface area contributed by atoms with Crippen LogP contribution in [0.1, 0.15) is 11.5 Å². The highest BCUT2D eigenvalue weighted by Gasteiger charge is 2.15. The van der Waals surface area contributed by atoms with E-state index >= 15 is 0 Å². The zero-order valence-corrected chi connectivity index (χ0v) is 11.7. The zero-order valence-electron chi connectivity index (χ0n) is 11.7. The van der Waals surface area contributed by atoms with Crippen LogP contribution in [0.4, 0.5) is 0 Å². The summed E-state index contributed by atoms with van der Waals surface area (Å²) in [6, 6.07) is 9.97. The fourth-order valence-electron chi connectivity index (χ4n) is 2.31. The van der Waals surface area contributed by atoms with E-state index in [9.17, 15) is 4.79 Å². The van der Waals surface area contributed by atoms with Crippen LogP contribution >= 0.6 is 0 Å². The maximum atomic E-state index is 11.2. The van der Waals surface area contributed by atoms with Gasteiger partial charge in [-0.25, -0.2) is 4.98 Å². The van der Waals surface area contributed by atoms with E-state index in [1.807, 2.05) is 49.4 Å². The average Bonchev–Trinajstić information content (AvgIpc) is 2.52. The smallest absolute Gasteiger partial charge is 0.178 e. The van der Waals surface area contributed by atoms with Crippen molar-refractivity contribution in [3.8, 4) is 11.3 Å². The lowest BCUT2D eigenvalue weighted by atomic mass is 9.95. The van der Waals surface area contributed by atoms with Gasteiger partial charge >= 0.3 is 0 Å². The van der Waals surface area contributed by atoms with Crippen LogP contribution in [-0.4, -0.2) is 21.0 Å².